The number of nitrogens with zero attached hydrogens (tertiary/aromatic N) is 1. The van der Waals surface area contributed by atoms with E-state index in [4.69, 9.17) is 17.0 Å². The number of hydrazine groups is 1. The highest BCUT2D eigenvalue weighted by molar-refractivity contribution is 7.89. The van der Waals surface area contributed by atoms with Crippen LogP contribution in [0, 0.1) is 0 Å². The monoisotopic (exact) mass is 400 g/mol. The summed E-state index contributed by atoms with van der Waals surface area (Å²) in [6, 6.07) is 5.87. The number of sulfonamides is 1. The molecule has 3 N–H and O–H groups in total. The van der Waals surface area contributed by atoms with Gasteiger partial charge in [0.15, 0.2) is 5.11 Å². The van der Waals surface area contributed by atoms with Gasteiger partial charge in [-0.15, -0.1) is 0 Å². The SMILES string of the molecule is COCCNC(=S)NNC(=O)c1ccc(S(=O)(=O)N2CCCCC2)cc1. The van der Waals surface area contributed by atoms with Gasteiger partial charge in [-0.25, -0.2) is 8.42 Å². The Kier molecular flexibility index (Phi) is 7.76. The van der Waals surface area contributed by atoms with E-state index in [9.17, 15) is 13.2 Å². The molecule has 26 heavy (non-hydrogen) atoms. The first-order valence-corrected chi connectivity index (χ1v) is 10.2. The van der Waals surface area contributed by atoms with Crippen molar-refractivity contribution < 1.29 is 17.9 Å². The number of hydrogen-bond acceptors (Lipinski definition) is 5. The molecular formula is C16H24N4O4S2. The van der Waals surface area contributed by atoms with Gasteiger partial charge in [-0.3, -0.25) is 15.6 Å². The van der Waals surface area contributed by atoms with Crippen LogP contribution in [0.4, 0.5) is 0 Å². The summed E-state index contributed by atoms with van der Waals surface area (Å²) in [5, 5.41) is 3.12. The molecule has 10 heteroatoms. The summed E-state index contributed by atoms with van der Waals surface area (Å²) in [5.74, 6) is -0.414. The summed E-state index contributed by atoms with van der Waals surface area (Å²) in [6.45, 7) is 2.09. The van der Waals surface area contributed by atoms with E-state index in [-0.39, 0.29) is 10.0 Å². The Balaban J connectivity index is 1.91. The minimum Gasteiger partial charge on any atom is -0.383 e. The third-order valence-electron chi connectivity index (χ3n) is 3.95. The van der Waals surface area contributed by atoms with E-state index < -0.39 is 15.9 Å². The summed E-state index contributed by atoms with van der Waals surface area (Å²) >= 11 is 5.00. The van der Waals surface area contributed by atoms with Crippen LogP contribution >= 0.6 is 12.2 Å². The minimum absolute atomic E-state index is 0.195. The zero-order chi connectivity index (χ0) is 19.0. The van der Waals surface area contributed by atoms with Gasteiger partial charge in [0.2, 0.25) is 10.0 Å². The van der Waals surface area contributed by atoms with Crippen molar-refractivity contribution in [2.45, 2.75) is 24.2 Å². The van der Waals surface area contributed by atoms with E-state index >= 15 is 0 Å². The highest BCUT2D eigenvalue weighted by Crippen LogP contribution is 2.20. The molecule has 1 aliphatic heterocycles. The van der Waals surface area contributed by atoms with Crippen molar-refractivity contribution in [2.75, 3.05) is 33.4 Å². The molecule has 1 saturated heterocycles. The molecule has 0 aliphatic carbocycles. The zero-order valence-electron chi connectivity index (χ0n) is 14.7. The van der Waals surface area contributed by atoms with Gasteiger partial charge in [-0.2, -0.15) is 4.31 Å². The van der Waals surface area contributed by atoms with Crippen LogP contribution in [-0.4, -0.2) is 57.1 Å². The van der Waals surface area contributed by atoms with Gasteiger partial charge in [0, 0.05) is 32.3 Å². The maximum Gasteiger partial charge on any atom is 0.269 e. The molecule has 1 aliphatic rings. The van der Waals surface area contributed by atoms with Gasteiger partial charge in [-0.1, -0.05) is 6.42 Å². The molecule has 1 fully saturated rings. The van der Waals surface area contributed by atoms with Crippen molar-refractivity contribution in [3.8, 4) is 0 Å². The Labute approximate surface area is 159 Å². The Morgan fingerprint density at radius 2 is 1.81 bits per heavy atom. The van der Waals surface area contributed by atoms with Crippen LogP contribution < -0.4 is 16.2 Å². The summed E-state index contributed by atoms with van der Waals surface area (Å²) in [7, 11) is -1.92. The largest absolute Gasteiger partial charge is 0.383 e. The van der Waals surface area contributed by atoms with Gasteiger partial charge < -0.3 is 10.1 Å². The average molecular weight is 401 g/mol. The topological polar surface area (TPSA) is 99.8 Å². The number of rotatable bonds is 6. The van der Waals surface area contributed by atoms with Crippen molar-refractivity contribution in [1.82, 2.24) is 20.5 Å². The van der Waals surface area contributed by atoms with E-state index in [1.807, 2.05) is 0 Å². The fourth-order valence-corrected chi connectivity index (χ4v) is 4.20. The number of benzene rings is 1. The van der Waals surface area contributed by atoms with Crippen LogP contribution in [0.3, 0.4) is 0 Å². The first-order valence-electron chi connectivity index (χ1n) is 8.38. The van der Waals surface area contributed by atoms with Crippen molar-refractivity contribution in [2.24, 2.45) is 0 Å². The molecule has 1 aromatic rings. The number of ether oxygens (including phenoxy) is 1. The second-order valence-corrected chi connectivity index (χ2v) is 8.16. The number of hydrogen-bond donors (Lipinski definition) is 3. The maximum absolute atomic E-state index is 12.6. The van der Waals surface area contributed by atoms with Gasteiger partial charge in [0.1, 0.15) is 0 Å². The van der Waals surface area contributed by atoms with Gasteiger partial charge in [0.25, 0.3) is 5.91 Å². The molecule has 1 aromatic carbocycles. The van der Waals surface area contributed by atoms with E-state index in [1.165, 1.54) is 28.6 Å². The summed E-state index contributed by atoms with van der Waals surface area (Å²) < 4.78 is 31.5. The minimum atomic E-state index is -3.50. The Morgan fingerprint density at radius 3 is 2.42 bits per heavy atom. The lowest BCUT2D eigenvalue weighted by Gasteiger charge is -2.25. The highest BCUT2D eigenvalue weighted by Gasteiger charge is 2.25. The number of carbonyl (C=O) groups excluding carboxylic acids is 1. The summed E-state index contributed by atoms with van der Waals surface area (Å²) in [6.07, 6.45) is 2.81. The third kappa shape index (κ3) is 5.63. The molecule has 0 unspecified atom stereocenters. The molecule has 0 aromatic heterocycles. The molecule has 0 bridgehead atoms. The van der Waals surface area contributed by atoms with Crippen molar-refractivity contribution in [3.63, 3.8) is 0 Å². The van der Waals surface area contributed by atoms with Crippen molar-refractivity contribution in [3.05, 3.63) is 29.8 Å². The second-order valence-electron chi connectivity index (χ2n) is 5.82. The molecular weight excluding hydrogens is 376 g/mol. The first-order chi connectivity index (χ1) is 12.4. The number of methoxy groups -OCH3 is 1. The molecule has 1 heterocycles. The lowest BCUT2D eigenvalue weighted by molar-refractivity contribution is 0.0943. The van der Waals surface area contributed by atoms with Crippen molar-refractivity contribution in [1.29, 1.82) is 0 Å². The molecule has 0 radical (unpaired) electrons. The molecule has 8 nitrogen and oxygen atoms in total. The van der Waals surface area contributed by atoms with Gasteiger partial charge in [-0.05, 0) is 49.3 Å². The Morgan fingerprint density at radius 1 is 1.15 bits per heavy atom. The molecule has 0 atom stereocenters. The fourth-order valence-electron chi connectivity index (χ4n) is 2.53. The summed E-state index contributed by atoms with van der Waals surface area (Å²) in [4.78, 5) is 12.3. The predicted octanol–water partition coefficient (Wildman–Crippen LogP) is 0.617. The molecule has 144 valence electrons. The number of piperidine rings is 1. The lowest BCUT2D eigenvalue weighted by Crippen LogP contribution is -2.47. The van der Waals surface area contributed by atoms with Crippen LogP contribution in [0.15, 0.2) is 29.2 Å². The van der Waals surface area contributed by atoms with Crippen molar-refractivity contribution >= 4 is 33.3 Å². The Bertz CT molecular complexity index is 716. The van der Waals surface area contributed by atoms with E-state index in [0.29, 0.717) is 31.8 Å². The van der Waals surface area contributed by atoms with Crippen LogP contribution in [0.2, 0.25) is 0 Å². The third-order valence-corrected chi connectivity index (χ3v) is 6.11. The standard InChI is InChI=1S/C16H24N4O4S2/c1-24-12-9-17-16(25)19-18-15(21)13-5-7-14(8-6-13)26(22,23)20-10-3-2-4-11-20/h5-8H,2-4,9-12H2,1H3,(H,18,21)(H2,17,19,25). The molecule has 0 spiro atoms. The molecule has 0 saturated carbocycles. The predicted molar refractivity (Wildman–Crippen MR) is 102 cm³/mol. The smallest absolute Gasteiger partial charge is 0.269 e. The van der Waals surface area contributed by atoms with E-state index in [1.54, 1.807) is 7.11 Å². The van der Waals surface area contributed by atoms with E-state index in [0.717, 1.165) is 19.3 Å². The summed E-state index contributed by atoms with van der Waals surface area (Å²) in [5.41, 5.74) is 5.36. The normalized spacial score (nSPS) is 15.3. The highest BCUT2D eigenvalue weighted by atomic mass is 32.2. The number of thiocarbonyl (C=S) groups is 1. The number of carbonyl (C=O) groups is 1. The zero-order valence-corrected chi connectivity index (χ0v) is 16.3. The van der Waals surface area contributed by atoms with E-state index in [2.05, 4.69) is 16.2 Å². The van der Waals surface area contributed by atoms with Crippen LogP contribution in [0.25, 0.3) is 0 Å². The second kappa shape index (κ2) is 9.81. The van der Waals surface area contributed by atoms with Gasteiger partial charge in [0.05, 0.1) is 11.5 Å². The average Bonchev–Trinajstić information content (AvgIpc) is 2.67. The maximum atomic E-state index is 12.6. The molecule has 2 rings (SSSR count). The lowest BCUT2D eigenvalue weighted by atomic mass is 10.2. The number of nitrogens with one attached hydrogen (secondary N) is 3. The Hall–Kier alpha value is -1.75. The van der Waals surface area contributed by atoms with Crippen LogP contribution in [-0.2, 0) is 14.8 Å². The first kappa shape index (κ1) is 20.6. The van der Waals surface area contributed by atoms with Crippen LogP contribution in [0.1, 0.15) is 29.6 Å². The van der Waals surface area contributed by atoms with Gasteiger partial charge >= 0.3 is 0 Å². The number of amides is 1. The molecule has 1 amide bonds. The van der Waals surface area contributed by atoms with Crippen LogP contribution in [0.5, 0.6) is 0 Å². The fraction of sp³-hybridized carbons (Fsp3) is 0.500. The quantitative estimate of drug-likeness (QED) is 0.366.